The summed E-state index contributed by atoms with van der Waals surface area (Å²) in [4.78, 5) is 19.7. The lowest BCUT2D eigenvalue weighted by Crippen LogP contribution is -2.12. The standard InChI is InChI=1S/C21H19N3O3/c1-13-7-9-18(14(2)11-13)26-12-15-8-10-19(27-15)20(25)24-21-22-16-5-3-4-6-17(16)23-21/h3-11H,12H2,1-2H3,(H2,22,23,24,25). The molecule has 0 atom stereocenters. The maximum Gasteiger partial charge on any atom is 0.293 e. The van der Waals surface area contributed by atoms with Gasteiger partial charge in [0.15, 0.2) is 5.76 Å². The van der Waals surface area contributed by atoms with Crippen molar-refractivity contribution in [1.82, 2.24) is 9.97 Å². The third kappa shape index (κ3) is 3.69. The summed E-state index contributed by atoms with van der Waals surface area (Å²) < 4.78 is 11.4. The van der Waals surface area contributed by atoms with Crippen molar-refractivity contribution in [3.8, 4) is 5.75 Å². The second-order valence-corrected chi connectivity index (χ2v) is 6.38. The van der Waals surface area contributed by atoms with Crippen molar-refractivity contribution in [3.05, 3.63) is 77.2 Å². The molecule has 2 aromatic carbocycles. The van der Waals surface area contributed by atoms with E-state index in [0.717, 1.165) is 22.3 Å². The number of aryl methyl sites for hydroxylation is 2. The van der Waals surface area contributed by atoms with Crippen molar-refractivity contribution >= 4 is 22.9 Å². The molecule has 0 aliphatic rings. The number of H-pyrrole nitrogens is 1. The molecule has 0 saturated carbocycles. The molecule has 4 rings (SSSR count). The summed E-state index contributed by atoms with van der Waals surface area (Å²) in [6.07, 6.45) is 0. The van der Waals surface area contributed by atoms with Gasteiger partial charge in [-0.1, -0.05) is 29.8 Å². The van der Waals surface area contributed by atoms with Gasteiger partial charge in [-0.2, -0.15) is 0 Å². The van der Waals surface area contributed by atoms with Gasteiger partial charge >= 0.3 is 0 Å². The number of para-hydroxylation sites is 2. The van der Waals surface area contributed by atoms with Crippen LogP contribution < -0.4 is 10.1 Å². The number of anilines is 1. The smallest absolute Gasteiger partial charge is 0.293 e. The average Bonchev–Trinajstić information content (AvgIpc) is 3.27. The Hall–Kier alpha value is -3.54. The molecule has 0 radical (unpaired) electrons. The van der Waals surface area contributed by atoms with Gasteiger partial charge < -0.3 is 14.1 Å². The normalized spacial score (nSPS) is 10.9. The number of ether oxygens (including phenoxy) is 1. The molecule has 6 heteroatoms. The Morgan fingerprint density at radius 2 is 2.00 bits per heavy atom. The number of furan rings is 1. The molecule has 0 saturated heterocycles. The summed E-state index contributed by atoms with van der Waals surface area (Å²) in [5.41, 5.74) is 3.89. The quantitative estimate of drug-likeness (QED) is 0.544. The summed E-state index contributed by atoms with van der Waals surface area (Å²) in [6, 6.07) is 16.9. The highest BCUT2D eigenvalue weighted by molar-refractivity contribution is 6.01. The fourth-order valence-electron chi connectivity index (χ4n) is 2.87. The molecule has 0 spiro atoms. The fraction of sp³-hybridized carbons (Fsp3) is 0.143. The molecule has 0 fully saturated rings. The number of aromatic amines is 1. The lowest BCUT2D eigenvalue weighted by atomic mass is 10.1. The first-order chi connectivity index (χ1) is 13.1. The zero-order chi connectivity index (χ0) is 18.8. The Morgan fingerprint density at radius 3 is 2.81 bits per heavy atom. The third-order valence-corrected chi connectivity index (χ3v) is 4.21. The number of imidazole rings is 1. The SMILES string of the molecule is Cc1ccc(OCc2ccc(C(=O)Nc3nc4ccccc4[nH]3)o2)c(C)c1. The number of hydrogen-bond acceptors (Lipinski definition) is 4. The lowest BCUT2D eigenvalue weighted by Gasteiger charge is -2.08. The largest absolute Gasteiger partial charge is 0.485 e. The molecule has 6 nitrogen and oxygen atoms in total. The van der Waals surface area contributed by atoms with Crippen molar-refractivity contribution in [1.29, 1.82) is 0 Å². The maximum atomic E-state index is 12.4. The van der Waals surface area contributed by atoms with E-state index in [1.165, 1.54) is 5.56 Å². The molecule has 0 aliphatic heterocycles. The Kier molecular flexibility index (Phi) is 4.38. The highest BCUT2D eigenvalue weighted by Gasteiger charge is 2.14. The van der Waals surface area contributed by atoms with Crippen LogP contribution in [0.15, 0.2) is 59.0 Å². The van der Waals surface area contributed by atoms with E-state index in [0.29, 0.717) is 11.7 Å². The van der Waals surface area contributed by atoms with Gasteiger partial charge in [-0.15, -0.1) is 0 Å². The van der Waals surface area contributed by atoms with Crippen molar-refractivity contribution in [2.75, 3.05) is 5.32 Å². The Bertz CT molecular complexity index is 1080. The lowest BCUT2D eigenvalue weighted by molar-refractivity contribution is 0.0992. The molecular weight excluding hydrogens is 342 g/mol. The number of rotatable bonds is 5. The first kappa shape index (κ1) is 16.9. The van der Waals surface area contributed by atoms with E-state index < -0.39 is 0 Å². The Balaban J connectivity index is 1.41. The minimum absolute atomic E-state index is 0.203. The average molecular weight is 361 g/mol. The minimum Gasteiger partial charge on any atom is -0.485 e. The summed E-state index contributed by atoms with van der Waals surface area (Å²) in [5.74, 6) is 1.59. The topological polar surface area (TPSA) is 80.1 Å². The highest BCUT2D eigenvalue weighted by Crippen LogP contribution is 2.21. The second-order valence-electron chi connectivity index (χ2n) is 6.38. The molecule has 2 aromatic heterocycles. The van der Waals surface area contributed by atoms with E-state index in [-0.39, 0.29) is 18.3 Å². The number of nitrogens with one attached hydrogen (secondary N) is 2. The minimum atomic E-state index is -0.369. The van der Waals surface area contributed by atoms with Crippen LogP contribution in [0, 0.1) is 13.8 Å². The number of benzene rings is 2. The molecule has 2 heterocycles. The number of hydrogen-bond donors (Lipinski definition) is 2. The van der Waals surface area contributed by atoms with Gasteiger partial charge in [0.2, 0.25) is 5.95 Å². The van der Waals surface area contributed by atoms with Crippen molar-refractivity contribution in [2.45, 2.75) is 20.5 Å². The van der Waals surface area contributed by atoms with Crippen molar-refractivity contribution in [3.63, 3.8) is 0 Å². The molecule has 136 valence electrons. The van der Waals surface area contributed by atoms with Crippen molar-refractivity contribution < 1.29 is 13.9 Å². The van der Waals surface area contributed by atoms with E-state index in [9.17, 15) is 4.79 Å². The van der Waals surface area contributed by atoms with Crippen LogP contribution in [0.1, 0.15) is 27.4 Å². The third-order valence-electron chi connectivity index (χ3n) is 4.21. The van der Waals surface area contributed by atoms with Gasteiger partial charge in [0, 0.05) is 0 Å². The fourth-order valence-corrected chi connectivity index (χ4v) is 2.87. The molecule has 0 aliphatic carbocycles. The molecule has 0 unspecified atom stereocenters. The molecule has 2 N–H and O–H groups in total. The first-order valence-electron chi connectivity index (χ1n) is 8.63. The number of fused-ring (bicyclic) bond motifs is 1. The van der Waals surface area contributed by atoms with E-state index in [4.69, 9.17) is 9.15 Å². The zero-order valence-corrected chi connectivity index (χ0v) is 15.1. The monoisotopic (exact) mass is 361 g/mol. The number of carbonyl (C=O) groups is 1. The van der Waals surface area contributed by atoms with Crippen LogP contribution in [0.3, 0.4) is 0 Å². The van der Waals surface area contributed by atoms with E-state index in [2.05, 4.69) is 21.4 Å². The van der Waals surface area contributed by atoms with Crippen LogP contribution in [0.5, 0.6) is 5.75 Å². The highest BCUT2D eigenvalue weighted by atomic mass is 16.5. The van der Waals surface area contributed by atoms with E-state index in [1.54, 1.807) is 12.1 Å². The van der Waals surface area contributed by atoms with Gasteiger partial charge in [0.05, 0.1) is 11.0 Å². The maximum absolute atomic E-state index is 12.4. The summed E-state index contributed by atoms with van der Waals surface area (Å²) >= 11 is 0. The van der Waals surface area contributed by atoms with Crippen LogP contribution in [-0.4, -0.2) is 15.9 Å². The summed E-state index contributed by atoms with van der Waals surface area (Å²) in [6.45, 7) is 4.29. The first-order valence-corrected chi connectivity index (χ1v) is 8.63. The predicted octanol–water partition coefficient (Wildman–Crippen LogP) is 4.60. The number of nitrogens with zero attached hydrogens (tertiary/aromatic N) is 1. The predicted molar refractivity (Wildman–Crippen MR) is 103 cm³/mol. The number of amides is 1. The van der Waals surface area contributed by atoms with Crippen LogP contribution in [0.25, 0.3) is 11.0 Å². The van der Waals surface area contributed by atoms with Gasteiger partial charge in [-0.25, -0.2) is 4.98 Å². The Labute approximate surface area is 156 Å². The van der Waals surface area contributed by atoms with E-state index in [1.807, 2.05) is 50.2 Å². The summed E-state index contributed by atoms with van der Waals surface area (Å²) in [5, 5.41) is 2.71. The Morgan fingerprint density at radius 1 is 1.15 bits per heavy atom. The van der Waals surface area contributed by atoms with Gasteiger partial charge in [-0.3, -0.25) is 10.1 Å². The van der Waals surface area contributed by atoms with Crippen LogP contribution in [0.2, 0.25) is 0 Å². The van der Waals surface area contributed by atoms with Crippen molar-refractivity contribution in [2.24, 2.45) is 0 Å². The second kappa shape index (κ2) is 6.99. The molecule has 4 aromatic rings. The van der Waals surface area contributed by atoms with Crippen LogP contribution in [0.4, 0.5) is 5.95 Å². The molecule has 1 amide bonds. The molecule has 27 heavy (non-hydrogen) atoms. The van der Waals surface area contributed by atoms with E-state index >= 15 is 0 Å². The summed E-state index contributed by atoms with van der Waals surface area (Å²) in [7, 11) is 0. The van der Waals surface area contributed by atoms with Gasteiger partial charge in [0.1, 0.15) is 18.1 Å². The number of carbonyl (C=O) groups excluding carboxylic acids is 1. The molecular formula is C21H19N3O3. The van der Waals surface area contributed by atoms with Gasteiger partial charge in [-0.05, 0) is 49.7 Å². The van der Waals surface area contributed by atoms with Crippen LogP contribution in [-0.2, 0) is 6.61 Å². The van der Waals surface area contributed by atoms with Gasteiger partial charge in [0.25, 0.3) is 5.91 Å². The number of aromatic nitrogens is 2. The zero-order valence-electron chi connectivity index (χ0n) is 15.1. The molecule has 0 bridgehead atoms. The van der Waals surface area contributed by atoms with Crippen LogP contribution >= 0.6 is 0 Å².